The number of ether oxygens (including phenoxy) is 2. The monoisotopic (exact) mass is 328 g/mol. The number of rotatable bonds is 4. The third-order valence-electron chi connectivity index (χ3n) is 2.89. The topological polar surface area (TPSA) is 18.5 Å². The minimum absolute atomic E-state index is 0. The fourth-order valence-corrected chi connectivity index (χ4v) is 4.97. The summed E-state index contributed by atoms with van der Waals surface area (Å²) in [5.74, 6) is 1.84. The van der Waals surface area contributed by atoms with Crippen molar-refractivity contribution >= 4 is 34.0 Å². The van der Waals surface area contributed by atoms with Crippen LogP contribution >= 0.6 is 34.0 Å². The maximum Gasteiger partial charge on any atom is 1.00 e. The molecule has 0 spiro atoms. The van der Waals surface area contributed by atoms with E-state index in [1.807, 2.05) is 6.07 Å². The number of methoxy groups -OCH3 is 2. The second kappa shape index (κ2) is 7.04. The van der Waals surface area contributed by atoms with Crippen LogP contribution in [0.25, 0.3) is 19.5 Å². The van der Waals surface area contributed by atoms with Gasteiger partial charge in [-0.1, -0.05) is 10.9 Å². The van der Waals surface area contributed by atoms with Gasteiger partial charge in [-0.05, 0) is 29.7 Å². The zero-order valence-corrected chi connectivity index (χ0v) is 14.8. The van der Waals surface area contributed by atoms with Crippen molar-refractivity contribution < 1.29 is 28.3 Å². The van der Waals surface area contributed by atoms with Gasteiger partial charge in [-0.15, -0.1) is 34.1 Å². The summed E-state index contributed by atoms with van der Waals surface area (Å²) in [6.07, 6.45) is 0. The predicted octanol–water partition coefficient (Wildman–Crippen LogP) is 2.33. The van der Waals surface area contributed by atoms with Gasteiger partial charge >= 0.3 is 18.9 Å². The van der Waals surface area contributed by atoms with Crippen molar-refractivity contribution in [1.82, 2.24) is 0 Å². The van der Waals surface area contributed by atoms with Crippen LogP contribution in [-0.4, -0.2) is 14.2 Å². The van der Waals surface area contributed by atoms with Gasteiger partial charge < -0.3 is 9.47 Å². The predicted molar refractivity (Wildman–Crippen MR) is 87.6 cm³/mol. The largest absolute Gasteiger partial charge is 1.00 e. The average Bonchev–Trinajstić information content (AvgIpc) is 3.15. The molecular weight excluding hydrogens is 315 g/mol. The summed E-state index contributed by atoms with van der Waals surface area (Å²) < 4.78 is 10.8. The summed E-state index contributed by atoms with van der Waals surface area (Å²) in [6, 6.07) is 8.25. The Labute approximate surface area is 148 Å². The van der Waals surface area contributed by atoms with Gasteiger partial charge in [0.1, 0.15) is 5.75 Å². The quantitative estimate of drug-likeness (QED) is 0.541. The normalized spacial score (nSPS) is 10.2. The molecule has 0 aliphatic heterocycles. The molecule has 0 aliphatic carbocycles. The van der Waals surface area contributed by atoms with Crippen LogP contribution in [0.2, 0.25) is 0 Å². The maximum atomic E-state index is 5.45. The van der Waals surface area contributed by atoms with Crippen LogP contribution in [0.5, 0.6) is 11.5 Å². The molecule has 0 amide bonds. The van der Waals surface area contributed by atoms with Gasteiger partial charge in [0.05, 0.1) is 19.1 Å². The molecular formula is C15H13LiO2S3. The van der Waals surface area contributed by atoms with Crippen molar-refractivity contribution in [1.29, 1.82) is 0 Å². The Bertz CT molecular complexity index is 727. The third-order valence-corrected chi connectivity index (χ3v) is 6.19. The Hall–Kier alpha value is -0.703. The summed E-state index contributed by atoms with van der Waals surface area (Å²) in [4.78, 5) is 6.02. The Balaban J connectivity index is 0.00000161. The van der Waals surface area contributed by atoms with E-state index in [1.165, 1.54) is 19.5 Å². The van der Waals surface area contributed by atoms with Crippen LogP contribution in [0.15, 0.2) is 24.3 Å². The molecule has 0 aliphatic rings. The van der Waals surface area contributed by atoms with Crippen molar-refractivity contribution in [3.63, 3.8) is 0 Å². The first kappa shape index (κ1) is 16.7. The molecule has 0 bridgehead atoms. The molecule has 3 aromatic rings. The molecule has 0 radical (unpaired) electrons. The first-order valence-electron chi connectivity index (χ1n) is 6.01. The van der Waals surface area contributed by atoms with Crippen molar-refractivity contribution in [2.75, 3.05) is 14.2 Å². The van der Waals surface area contributed by atoms with Crippen LogP contribution in [-0.2, 0) is 0 Å². The van der Waals surface area contributed by atoms with E-state index in [1.54, 1.807) is 48.2 Å². The molecule has 3 heterocycles. The average molecular weight is 328 g/mol. The van der Waals surface area contributed by atoms with Crippen LogP contribution in [0.1, 0.15) is 4.88 Å². The minimum atomic E-state index is 0. The van der Waals surface area contributed by atoms with E-state index in [-0.39, 0.29) is 18.9 Å². The summed E-state index contributed by atoms with van der Waals surface area (Å²) >= 11 is 5.10. The first-order chi connectivity index (χ1) is 9.72. The van der Waals surface area contributed by atoms with Gasteiger partial charge in [0, 0.05) is 9.75 Å². The number of aryl methyl sites for hydroxylation is 1. The summed E-state index contributed by atoms with van der Waals surface area (Å²) in [5.41, 5.74) is 0. The van der Waals surface area contributed by atoms with Crippen molar-refractivity contribution in [3.05, 3.63) is 34.5 Å². The Morgan fingerprint density at radius 2 is 1.62 bits per heavy atom. The van der Waals surface area contributed by atoms with Crippen molar-refractivity contribution in [2.45, 2.75) is 6.92 Å². The minimum Gasteiger partial charge on any atom is -0.564 e. The zero-order valence-electron chi connectivity index (χ0n) is 12.4. The van der Waals surface area contributed by atoms with E-state index in [0.717, 1.165) is 16.4 Å². The third kappa shape index (κ3) is 3.23. The molecule has 3 rings (SSSR count). The number of hydrogen-bond donors (Lipinski definition) is 0. The molecule has 21 heavy (non-hydrogen) atoms. The fourth-order valence-electron chi connectivity index (χ4n) is 1.98. The molecule has 0 N–H and O–H groups in total. The molecule has 3 aromatic heterocycles. The Kier molecular flexibility index (Phi) is 5.59. The van der Waals surface area contributed by atoms with Crippen LogP contribution in [0.4, 0.5) is 0 Å². The van der Waals surface area contributed by atoms with Crippen LogP contribution in [0.3, 0.4) is 0 Å². The Morgan fingerprint density at radius 3 is 2.29 bits per heavy atom. The standard InChI is InChI=1S/C15H13O2S3.Li/c1-9-8-11(17-3)15(19-9)13-5-4-12(20-13)14-10(16-2)6-7-18-14;/h4-6,8H,1-3H3;/q-1;+1. The van der Waals surface area contributed by atoms with E-state index < -0.39 is 0 Å². The van der Waals surface area contributed by atoms with Gasteiger partial charge in [-0.3, -0.25) is 11.3 Å². The van der Waals surface area contributed by atoms with Gasteiger partial charge in [0.25, 0.3) is 0 Å². The van der Waals surface area contributed by atoms with Gasteiger partial charge in [-0.2, -0.15) is 0 Å². The molecule has 0 unspecified atom stereocenters. The first-order valence-corrected chi connectivity index (χ1v) is 8.46. The second-order valence-electron chi connectivity index (χ2n) is 4.18. The SMILES string of the molecule is COc1c[c-]sc1-c1ccc(-c2sc(C)cc2OC)s1.[Li+]. The fraction of sp³-hybridized carbons (Fsp3) is 0.200. The summed E-state index contributed by atoms with van der Waals surface area (Å²) in [7, 11) is 3.41. The molecule has 0 aromatic carbocycles. The summed E-state index contributed by atoms with van der Waals surface area (Å²) in [5, 5.41) is 3.12. The van der Waals surface area contributed by atoms with E-state index >= 15 is 0 Å². The van der Waals surface area contributed by atoms with Crippen LogP contribution < -0.4 is 28.3 Å². The van der Waals surface area contributed by atoms with Gasteiger partial charge in [0.15, 0.2) is 0 Å². The van der Waals surface area contributed by atoms with Crippen LogP contribution in [0, 0.1) is 12.3 Å². The van der Waals surface area contributed by atoms with E-state index in [9.17, 15) is 0 Å². The molecule has 104 valence electrons. The second-order valence-corrected chi connectivity index (χ2v) is 7.37. The Morgan fingerprint density at radius 1 is 0.952 bits per heavy atom. The van der Waals surface area contributed by atoms with Crippen molar-refractivity contribution in [3.8, 4) is 31.0 Å². The van der Waals surface area contributed by atoms with Gasteiger partial charge in [0.2, 0.25) is 0 Å². The molecule has 6 heteroatoms. The zero-order chi connectivity index (χ0) is 14.1. The molecule has 0 fully saturated rings. The smallest absolute Gasteiger partial charge is 0.564 e. The number of hydrogen-bond acceptors (Lipinski definition) is 5. The molecule has 2 nitrogen and oxygen atoms in total. The van der Waals surface area contributed by atoms with E-state index in [0.29, 0.717) is 0 Å². The molecule has 0 saturated heterocycles. The van der Waals surface area contributed by atoms with E-state index in [4.69, 9.17) is 9.47 Å². The number of thiophene rings is 3. The maximum absolute atomic E-state index is 5.45. The van der Waals surface area contributed by atoms with Gasteiger partial charge in [-0.25, -0.2) is 0 Å². The summed E-state index contributed by atoms with van der Waals surface area (Å²) in [6.45, 7) is 2.10. The van der Waals surface area contributed by atoms with E-state index in [2.05, 4.69) is 30.5 Å². The molecule has 0 atom stereocenters. The molecule has 0 saturated carbocycles. The van der Waals surface area contributed by atoms with Crippen molar-refractivity contribution in [2.24, 2.45) is 0 Å².